The fourth-order valence-electron chi connectivity index (χ4n) is 4.49. The van der Waals surface area contributed by atoms with Crippen molar-refractivity contribution >= 4 is 29.4 Å². The third-order valence-corrected chi connectivity index (χ3v) is 6.43. The summed E-state index contributed by atoms with van der Waals surface area (Å²) in [6.07, 6.45) is 13.9. The van der Waals surface area contributed by atoms with Crippen LogP contribution < -0.4 is 22.7 Å². The Labute approximate surface area is 216 Å². The topological polar surface area (TPSA) is 247 Å². The van der Waals surface area contributed by atoms with E-state index in [4.69, 9.17) is 17.0 Å². The molecule has 0 radical (unpaired) electrons. The van der Waals surface area contributed by atoms with Crippen LogP contribution in [0.3, 0.4) is 0 Å². The second-order valence-electron chi connectivity index (χ2n) is 9.03. The van der Waals surface area contributed by atoms with Gasteiger partial charge in [-0.05, 0) is 37.5 Å². The summed E-state index contributed by atoms with van der Waals surface area (Å²) < 4.78 is 2.54. The highest BCUT2D eigenvalue weighted by Crippen LogP contribution is 2.25. The number of amides is 2. The summed E-state index contributed by atoms with van der Waals surface area (Å²) in [5.74, 6) is -0.0472. The maximum atomic E-state index is 12.2. The van der Waals surface area contributed by atoms with E-state index in [2.05, 4.69) is 35.4 Å². The molecule has 3 aromatic rings. The summed E-state index contributed by atoms with van der Waals surface area (Å²) >= 11 is 0. The van der Waals surface area contributed by atoms with Crippen molar-refractivity contribution < 1.29 is 19.9 Å². The van der Waals surface area contributed by atoms with Gasteiger partial charge in [-0.3, -0.25) is 9.59 Å². The van der Waals surface area contributed by atoms with Gasteiger partial charge in [0.25, 0.3) is 11.8 Å². The first kappa shape index (κ1) is 28.0. The number of nitrogens with zero attached hydrogens (tertiary/aromatic N) is 8. The molecule has 0 aromatic carbocycles. The van der Waals surface area contributed by atoms with E-state index in [-0.39, 0.29) is 28.5 Å². The highest BCUT2D eigenvalue weighted by molar-refractivity contribution is 5.96. The first-order valence-electron chi connectivity index (χ1n) is 12.2. The molecule has 0 atom stereocenters. The minimum Gasteiger partial charge on any atom is -0.364 e. The van der Waals surface area contributed by atoms with E-state index in [1.54, 1.807) is 6.08 Å². The van der Waals surface area contributed by atoms with E-state index >= 15 is 0 Å². The average molecular weight is 528 g/mol. The molecule has 16 heteroatoms. The van der Waals surface area contributed by atoms with Crippen LogP contribution in [-0.4, -0.2) is 58.8 Å². The van der Waals surface area contributed by atoms with Gasteiger partial charge in [-0.1, -0.05) is 30.9 Å². The van der Waals surface area contributed by atoms with Gasteiger partial charge in [-0.25, -0.2) is 29.0 Å². The molecule has 7 N–H and O–H groups in total. The molecule has 0 spiro atoms. The molecular formula is C22H31N12O4+. The number of nitrogens with one attached hydrogen (secondary N) is 1. The highest BCUT2D eigenvalue weighted by Gasteiger charge is 2.19. The first-order chi connectivity index (χ1) is 18.3. The van der Waals surface area contributed by atoms with Crippen molar-refractivity contribution in [3.63, 3.8) is 0 Å². The van der Waals surface area contributed by atoms with Crippen molar-refractivity contribution in [2.75, 3.05) is 6.54 Å². The van der Waals surface area contributed by atoms with Crippen LogP contribution in [0.1, 0.15) is 72.3 Å². The fourth-order valence-corrected chi connectivity index (χ4v) is 4.49. The van der Waals surface area contributed by atoms with Crippen molar-refractivity contribution in [3.8, 4) is 0 Å². The Bertz CT molecular complexity index is 1360. The zero-order valence-corrected chi connectivity index (χ0v) is 20.8. The number of aromatic nitrogens is 7. The lowest BCUT2D eigenvalue weighted by Gasteiger charge is -2.09. The molecule has 2 amide bonds. The van der Waals surface area contributed by atoms with Gasteiger partial charge < -0.3 is 16.5 Å². The number of aliphatic imine (C=N–C) groups is 1. The van der Waals surface area contributed by atoms with Gasteiger partial charge in [-0.15, -0.1) is 5.10 Å². The number of H-pyrrole nitrogens is 1. The minimum atomic E-state index is -0.718. The quantitative estimate of drug-likeness (QED) is 0.176. The lowest BCUT2D eigenvalue weighted by molar-refractivity contribution is -0.211. The van der Waals surface area contributed by atoms with Gasteiger partial charge >= 0.3 is 5.69 Å². The van der Waals surface area contributed by atoms with Crippen molar-refractivity contribution in [1.82, 2.24) is 34.3 Å². The monoisotopic (exact) mass is 527 g/mol. The van der Waals surface area contributed by atoms with Crippen LogP contribution >= 0.6 is 0 Å². The number of hydrogen-bond donors (Lipinski definition) is 4. The van der Waals surface area contributed by atoms with Crippen LogP contribution in [0.25, 0.3) is 5.65 Å². The molecule has 3 aromatic heterocycles. The molecule has 2 saturated carbocycles. The van der Waals surface area contributed by atoms with Crippen molar-refractivity contribution in [1.29, 1.82) is 0 Å². The van der Waals surface area contributed by atoms with Crippen LogP contribution in [0.2, 0.25) is 0 Å². The van der Waals surface area contributed by atoms with E-state index in [1.165, 1.54) is 60.3 Å². The Morgan fingerprint density at radius 3 is 2.29 bits per heavy atom. The lowest BCUT2D eigenvalue weighted by atomic mass is 10.1. The zero-order chi connectivity index (χ0) is 27.5. The third-order valence-electron chi connectivity index (χ3n) is 6.43. The largest absolute Gasteiger partial charge is 0.364 e. The Kier molecular flexibility index (Phi) is 10.0. The average Bonchev–Trinajstić information content (AvgIpc) is 3.72. The number of carbonyl (C=O) groups excluding carboxylic acids is 3. The Morgan fingerprint density at radius 1 is 1.08 bits per heavy atom. The smallest absolute Gasteiger partial charge is 0.352 e. The maximum absolute atomic E-state index is 12.2. The van der Waals surface area contributed by atoms with Crippen molar-refractivity contribution in [2.24, 2.45) is 33.4 Å². The van der Waals surface area contributed by atoms with E-state index in [1.807, 2.05) is 0 Å². The molecule has 16 nitrogen and oxygen atoms in total. The molecular weight excluding hydrogens is 496 g/mol. The van der Waals surface area contributed by atoms with Crippen LogP contribution in [0.4, 0.5) is 5.82 Å². The van der Waals surface area contributed by atoms with E-state index < -0.39 is 11.8 Å². The molecule has 5 rings (SSSR count). The number of fused-ring (bicyclic) bond motifs is 1. The second kappa shape index (κ2) is 13.6. The summed E-state index contributed by atoms with van der Waals surface area (Å²) in [7, 11) is 0. The Balaban J connectivity index is 0.000000177. The van der Waals surface area contributed by atoms with Crippen LogP contribution in [0.15, 0.2) is 27.6 Å². The molecule has 2 aliphatic carbocycles. The molecule has 3 heterocycles. The van der Waals surface area contributed by atoms with Crippen LogP contribution in [0, 0.1) is 11.8 Å². The number of hydrogen-bond acceptors (Lipinski definition) is 10. The number of isocyanates is 1. The summed E-state index contributed by atoms with van der Waals surface area (Å²) in [4.78, 5) is 56.9. The molecule has 0 bridgehead atoms. The number of nitrogens with two attached hydrogens (primary N) is 3. The van der Waals surface area contributed by atoms with E-state index in [9.17, 15) is 19.2 Å². The summed E-state index contributed by atoms with van der Waals surface area (Å²) in [6, 6.07) is 0. The highest BCUT2D eigenvalue weighted by atomic mass is 16.2. The predicted octanol–water partition coefficient (Wildman–Crippen LogP) is -0.561. The summed E-state index contributed by atoms with van der Waals surface area (Å²) in [5, 5.41) is 11.0. The minimum absolute atomic E-state index is 0.0300. The number of carbonyl (C=O) groups is 2. The van der Waals surface area contributed by atoms with E-state index in [0.717, 1.165) is 12.8 Å². The molecule has 0 saturated heterocycles. The van der Waals surface area contributed by atoms with Gasteiger partial charge in [0.2, 0.25) is 11.9 Å². The van der Waals surface area contributed by atoms with E-state index in [0.29, 0.717) is 24.9 Å². The number of imidazole rings is 2. The third kappa shape index (κ3) is 7.22. The van der Waals surface area contributed by atoms with Crippen LogP contribution in [0.5, 0.6) is 0 Å². The van der Waals surface area contributed by atoms with Gasteiger partial charge in [0, 0.05) is 5.11 Å². The Morgan fingerprint density at radius 2 is 1.74 bits per heavy atom. The normalized spacial score (nSPS) is 15.2. The number of aromatic amines is 1. The molecule has 2 aliphatic rings. The standard InChI is InChI=1S/C11H14N6O2.C7H11NO.C4H5N5O/c12-9(18)8-10-14-15-17(5-7-3-1-2-4-7)11(19)16(10)6-13-8;9-6-8-5-7-3-1-2-4-7;5-3(10)2-4(9-6)8-1-7-2/h6-7H,1-5H2,(H2,12,18);7H,1-5H2;1,6H,(H2,5,10)(H,7,8)/p+1. The van der Waals surface area contributed by atoms with Crippen molar-refractivity contribution in [3.05, 3.63) is 34.5 Å². The summed E-state index contributed by atoms with van der Waals surface area (Å²) in [6.45, 7) is 1.27. The van der Waals surface area contributed by atoms with Gasteiger partial charge in [0.1, 0.15) is 6.33 Å². The van der Waals surface area contributed by atoms with Gasteiger partial charge in [-0.2, -0.15) is 10.2 Å². The maximum Gasteiger partial charge on any atom is 0.352 e. The van der Waals surface area contributed by atoms with Gasteiger partial charge in [0.05, 0.1) is 19.4 Å². The molecule has 0 unspecified atom stereocenters. The van der Waals surface area contributed by atoms with Gasteiger partial charge in [0.15, 0.2) is 17.0 Å². The molecule has 2 fully saturated rings. The summed E-state index contributed by atoms with van der Waals surface area (Å²) in [5.41, 5.74) is 14.8. The molecule has 202 valence electrons. The number of rotatable bonds is 7. The second-order valence-corrected chi connectivity index (χ2v) is 9.03. The molecule has 0 aliphatic heterocycles. The van der Waals surface area contributed by atoms with Crippen molar-refractivity contribution in [2.45, 2.75) is 57.9 Å². The predicted molar refractivity (Wildman–Crippen MR) is 132 cm³/mol. The zero-order valence-electron chi connectivity index (χ0n) is 20.8. The Hall–Kier alpha value is -4.59. The number of primary amides is 2. The lowest BCUT2D eigenvalue weighted by Crippen LogP contribution is -2.32. The SMILES string of the molecule is NC(=O)c1[nH]cnc1N=[NH2+].NC(=O)c1ncn2c(=O)n(CC3CCCC3)nnc12.O=C=NCC1CCCC1. The molecule has 38 heavy (non-hydrogen) atoms. The van der Waals surface area contributed by atoms with Crippen LogP contribution in [-0.2, 0) is 11.3 Å². The fraction of sp³-hybridized carbons (Fsp3) is 0.545. The first-order valence-corrected chi connectivity index (χ1v) is 12.2.